The van der Waals surface area contributed by atoms with Crippen LogP contribution >= 0.6 is 0 Å². The molecule has 0 spiro atoms. The fraction of sp³-hybridized carbons (Fsp3) is 0.214. The minimum Gasteiger partial charge on any atom is -0.372 e. The molecule has 0 amide bonds. The molecule has 4 aromatic rings. The molecule has 5 rings (SSSR count). The average Bonchev–Trinajstić information content (AvgIpc) is 3.04. The number of pyridine rings is 1. The lowest BCUT2D eigenvalue weighted by molar-refractivity contribution is 0.911. The number of hydrogen-bond donors (Lipinski definition) is 1. The summed E-state index contributed by atoms with van der Waals surface area (Å²) in [6.45, 7) is 14.8. The van der Waals surface area contributed by atoms with E-state index in [-0.39, 0.29) is 6.04 Å². The summed E-state index contributed by atoms with van der Waals surface area (Å²) < 4.78 is 0. The predicted octanol–water partition coefficient (Wildman–Crippen LogP) is 12.0. The van der Waals surface area contributed by atoms with Crippen molar-refractivity contribution in [3.05, 3.63) is 150 Å². The largest absolute Gasteiger partial charge is 0.372 e. The number of hydrogen-bond acceptors (Lipinski definition) is 2. The number of benzene rings is 3. The number of anilines is 1. The second-order valence-electron chi connectivity index (χ2n) is 11.5. The molecule has 0 bridgehead atoms. The highest BCUT2D eigenvalue weighted by Crippen LogP contribution is 2.41. The van der Waals surface area contributed by atoms with Crippen molar-refractivity contribution in [1.29, 1.82) is 0 Å². The van der Waals surface area contributed by atoms with Crippen LogP contribution in [0.25, 0.3) is 39.0 Å². The summed E-state index contributed by atoms with van der Waals surface area (Å²) in [6.07, 6.45) is 25.8. The van der Waals surface area contributed by atoms with Gasteiger partial charge < -0.3 is 5.32 Å². The first-order valence-corrected chi connectivity index (χ1v) is 15.9. The van der Waals surface area contributed by atoms with Crippen LogP contribution in [0.1, 0.15) is 74.4 Å². The van der Waals surface area contributed by atoms with Crippen molar-refractivity contribution in [2.24, 2.45) is 5.92 Å². The Labute approximate surface area is 263 Å². The molecule has 1 aliphatic heterocycles. The molecule has 0 saturated carbocycles. The highest BCUT2D eigenvalue weighted by atomic mass is 14.9. The van der Waals surface area contributed by atoms with E-state index in [1.54, 1.807) is 0 Å². The zero-order valence-electron chi connectivity index (χ0n) is 26.8. The van der Waals surface area contributed by atoms with Crippen LogP contribution in [0, 0.1) is 12.8 Å². The first-order valence-electron chi connectivity index (χ1n) is 15.9. The SMILES string of the molecule is C=C/C=C\C(=C/C)c1c2ccccc2nc2c3c(ccc12)C=CC(c1ccc(C)c(/C(=C\C(C)/C=C\C=C/C)CCC)c1)N3. The van der Waals surface area contributed by atoms with Crippen LogP contribution in [0.2, 0.25) is 0 Å². The Hall–Kier alpha value is -4.69. The van der Waals surface area contributed by atoms with Crippen molar-refractivity contribution >= 4 is 44.7 Å². The van der Waals surface area contributed by atoms with Gasteiger partial charge in [0.15, 0.2) is 0 Å². The van der Waals surface area contributed by atoms with Crippen molar-refractivity contribution in [2.45, 2.75) is 53.5 Å². The maximum absolute atomic E-state index is 5.24. The van der Waals surface area contributed by atoms with E-state index in [0.29, 0.717) is 5.92 Å². The Morgan fingerprint density at radius 1 is 1.02 bits per heavy atom. The lowest BCUT2D eigenvalue weighted by atomic mass is 9.89. The Kier molecular flexibility index (Phi) is 9.92. The van der Waals surface area contributed by atoms with Crippen LogP contribution in [0.3, 0.4) is 0 Å². The topological polar surface area (TPSA) is 24.9 Å². The van der Waals surface area contributed by atoms with Gasteiger partial charge in [0.1, 0.15) is 0 Å². The zero-order chi connectivity index (χ0) is 31.1. The Morgan fingerprint density at radius 3 is 2.64 bits per heavy atom. The van der Waals surface area contributed by atoms with Gasteiger partial charge in [-0.3, -0.25) is 0 Å². The van der Waals surface area contributed by atoms with E-state index in [4.69, 9.17) is 4.98 Å². The number of allylic oxidation sites excluding steroid dienone is 11. The maximum Gasteiger partial charge on any atom is 0.0953 e. The molecule has 0 radical (unpaired) electrons. The molecule has 0 saturated heterocycles. The average molecular weight is 577 g/mol. The van der Waals surface area contributed by atoms with Crippen molar-refractivity contribution < 1.29 is 0 Å². The second kappa shape index (κ2) is 14.2. The maximum atomic E-state index is 5.24. The van der Waals surface area contributed by atoms with E-state index >= 15 is 0 Å². The summed E-state index contributed by atoms with van der Waals surface area (Å²) in [5.41, 5.74) is 11.9. The van der Waals surface area contributed by atoms with Gasteiger partial charge in [-0.2, -0.15) is 0 Å². The smallest absolute Gasteiger partial charge is 0.0953 e. The Morgan fingerprint density at radius 2 is 1.86 bits per heavy atom. The highest BCUT2D eigenvalue weighted by Gasteiger charge is 2.21. The predicted molar refractivity (Wildman–Crippen MR) is 195 cm³/mol. The molecule has 2 heteroatoms. The molecule has 44 heavy (non-hydrogen) atoms. The van der Waals surface area contributed by atoms with Crippen molar-refractivity contribution in [1.82, 2.24) is 4.98 Å². The van der Waals surface area contributed by atoms with Crippen molar-refractivity contribution in [3.8, 4) is 0 Å². The quantitative estimate of drug-likeness (QED) is 0.150. The second-order valence-corrected chi connectivity index (χ2v) is 11.5. The monoisotopic (exact) mass is 576 g/mol. The first-order chi connectivity index (χ1) is 21.5. The lowest BCUT2D eigenvalue weighted by Gasteiger charge is -2.26. The van der Waals surface area contributed by atoms with Crippen molar-refractivity contribution in [2.75, 3.05) is 5.32 Å². The molecule has 2 heterocycles. The molecule has 1 aliphatic rings. The molecular weight excluding hydrogens is 532 g/mol. The first kappa shape index (κ1) is 30.8. The number of nitrogens with zero attached hydrogens (tertiary/aromatic N) is 1. The van der Waals surface area contributed by atoms with E-state index < -0.39 is 0 Å². The van der Waals surface area contributed by atoms with E-state index in [1.807, 2.05) is 12.2 Å². The van der Waals surface area contributed by atoms with Crippen LogP contribution in [0.15, 0.2) is 122 Å². The number of aromatic nitrogens is 1. The molecule has 3 aromatic carbocycles. The summed E-state index contributed by atoms with van der Waals surface area (Å²) >= 11 is 0. The summed E-state index contributed by atoms with van der Waals surface area (Å²) in [4.78, 5) is 5.24. The van der Waals surface area contributed by atoms with Gasteiger partial charge >= 0.3 is 0 Å². The van der Waals surface area contributed by atoms with E-state index in [1.165, 1.54) is 27.8 Å². The van der Waals surface area contributed by atoms with E-state index in [0.717, 1.165) is 51.5 Å². The molecule has 2 unspecified atom stereocenters. The molecule has 0 fully saturated rings. The molecule has 2 nitrogen and oxygen atoms in total. The molecule has 222 valence electrons. The van der Waals surface area contributed by atoms with Crippen LogP contribution in [0.5, 0.6) is 0 Å². The van der Waals surface area contributed by atoms with Crippen LogP contribution < -0.4 is 5.32 Å². The van der Waals surface area contributed by atoms with Gasteiger partial charge in [0.2, 0.25) is 0 Å². The third-order valence-electron chi connectivity index (χ3n) is 8.33. The summed E-state index contributed by atoms with van der Waals surface area (Å²) in [5.74, 6) is 0.361. The van der Waals surface area contributed by atoms with Gasteiger partial charge in [-0.05, 0) is 78.6 Å². The molecule has 0 aliphatic carbocycles. The van der Waals surface area contributed by atoms with Gasteiger partial charge in [-0.1, -0.05) is 136 Å². The Balaban J connectivity index is 1.60. The van der Waals surface area contributed by atoms with Crippen LogP contribution in [0.4, 0.5) is 5.69 Å². The van der Waals surface area contributed by atoms with Gasteiger partial charge in [-0.25, -0.2) is 4.98 Å². The fourth-order valence-electron chi connectivity index (χ4n) is 6.15. The molecule has 1 aromatic heterocycles. The number of aryl methyl sites for hydroxylation is 1. The van der Waals surface area contributed by atoms with Gasteiger partial charge in [-0.15, -0.1) is 0 Å². The number of fused-ring (bicyclic) bond motifs is 4. The lowest BCUT2D eigenvalue weighted by Crippen LogP contribution is -2.14. The number of rotatable bonds is 10. The van der Waals surface area contributed by atoms with E-state index in [2.05, 4.69) is 156 Å². The minimum atomic E-state index is 0.0425. The standard InChI is InChI=1S/C42H44N2/c1-7-11-13-17-29(5)27-33(16-9-3)37-28-34(22-21-30(37)6)38-26-24-32-23-25-36-40(31(10-4)18-12-8-2)35-19-14-15-20-39(35)44-42(36)41(32)43-38/h7-8,10-15,17-29,38,43H,2,9,16H2,1,3-6H3/b11-7-,17-13-,18-12-,31-10+,33-27-. The van der Waals surface area contributed by atoms with Gasteiger partial charge in [0.25, 0.3) is 0 Å². The summed E-state index contributed by atoms with van der Waals surface area (Å²) in [7, 11) is 0. The Bertz CT molecular complexity index is 1860. The molecular formula is C42H44N2. The van der Waals surface area contributed by atoms with Gasteiger partial charge in [0, 0.05) is 16.3 Å². The highest BCUT2D eigenvalue weighted by molar-refractivity contribution is 6.11. The van der Waals surface area contributed by atoms with E-state index in [9.17, 15) is 0 Å². The third-order valence-corrected chi connectivity index (χ3v) is 8.33. The number of para-hydroxylation sites is 1. The third kappa shape index (κ3) is 6.45. The zero-order valence-corrected chi connectivity index (χ0v) is 26.8. The van der Waals surface area contributed by atoms with Crippen molar-refractivity contribution in [3.63, 3.8) is 0 Å². The van der Waals surface area contributed by atoms with Crippen LogP contribution in [-0.4, -0.2) is 4.98 Å². The minimum absolute atomic E-state index is 0.0425. The summed E-state index contributed by atoms with van der Waals surface area (Å²) in [5, 5.41) is 6.19. The fourth-order valence-corrected chi connectivity index (χ4v) is 6.15. The molecule has 1 N–H and O–H groups in total. The van der Waals surface area contributed by atoms with Gasteiger partial charge in [0.05, 0.1) is 22.8 Å². The van der Waals surface area contributed by atoms with Crippen LogP contribution in [-0.2, 0) is 0 Å². The number of nitrogens with one attached hydrogen (secondary N) is 1. The normalized spacial score (nSPS) is 16.3. The summed E-state index contributed by atoms with van der Waals surface area (Å²) in [6, 6.07) is 19.9. The molecule has 2 atom stereocenters.